The molecule has 0 radical (unpaired) electrons. The summed E-state index contributed by atoms with van der Waals surface area (Å²) in [6.45, 7) is 2.87. The number of rotatable bonds is 10. The average Bonchev–Trinajstić information content (AvgIpc) is 3.50. The third-order valence-corrected chi connectivity index (χ3v) is 9.76. The van der Waals surface area contributed by atoms with Gasteiger partial charge in [-0.05, 0) is 80.7 Å². The Morgan fingerprint density at radius 2 is 1.67 bits per heavy atom. The minimum Gasteiger partial charge on any atom is -0.493 e. The van der Waals surface area contributed by atoms with Gasteiger partial charge in [-0.3, -0.25) is 14.6 Å². The van der Waals surface area contributed by atoms with Crippen molar-refractivity contribution in [1.29, 1.82) is 0 Å². The van der Waals surface area contributed by atoms with Crippen molar-refractivity contribution in [1.82, 2.24) is 20.5 Å². The molecular formula is C33H39Cl3N4O5. The van der Waals surface area contributed by atoms with Crippen molar-refractivity contribution >= 4 is 47.4 Å². The fraction of sp³-hybridized carbons (Fsp3) is 0.424. The van der Waals surface area contributed by atoms with Gasteiger partial charge < -0.3 is 29.7 Å². The number of carbonyl (C=O) groups is 2. The van der Waals surface area contributed by atoms with Crippen LogP contribution >= 0.6 is 35.6 Å². The molecule has 1 atom stereocenters. The van der Waals surface area contributed by atoms with Crippen molar-refractivity contribution in [3.63, 3.8) is 0 Å². The predicted octanol–water partition coefficient (Wildman–Crippen LogP) is 5.45. The van der Waals surface area contributed by atoms with E-state index in [0.717, 1.165) is 24.3 Å². The number of pyridine rings is 1. The second kappa shape index (κ2) is 14.9. The number of halogens is 3. The first-order valence-electron chi connectivity index (χ1n) is 14.7. The van der Waals surface area contributed by atoms with Crippen LogP contribution in [0.25, 0.3) is 0 Å². The molecule has 2 aliphatic heterocycles. The fourth-order valence-electron chi connectivity index (χ4n) is 6.53. The van der Waals surface area contributed by atoms with Gasteiger partial charge in [-0.15, -0.1) is 12.4 Å². The molecule has 0 saturated carbocycles. The van der Waals surface area contributed by atoms with E-state index in [9.17, 15) is 9.59 Å². The molecule has 0 spiro atoms. The summed E-state index contributed by atoms with van der Waals surface area (Å²) in [6, 6.07) is 14.7. The lowest BCUT2D eigenvalue weighted by atomic mass is 9.74. The van der Waals surface area contributed by atoms with E-state index in [1.54, 1.807) is 24.4 Å². The number of nitrogens with one attached hydrogen (secondary N) is 2. The van der Waals surface area contributed by atoms with E-state index in [-0.39, 0.29) is 24.2 Å². The molecular weight excluding hydrogens is 639 g/mol. The number of benzene rings is 2. The third kappa shape index (κ3) is 6.97. The molecule has 5 rings (SSSR count). The predicted molar refractivity (Wildman–Crippen MR) is 178 cm³/mol. The number of ether oxygens (including phenoxy) is 3. The number of hydrogen-bond donors (Lipinski definition) is 2. The van der Waals surface area contributed by atoms with Crippen LogP contribution in [0.3, 0.4) is 0 Å². The van der Waals surface area contributed by atoms with Gasteiger partial charge in [0.05, 0.1) is 42.5 Å². The Kier molecular flexibility index (Phi) is 11.5. The van der Waals surface area contributed by atoms with E-state index >= 15 is 0 Å². The minimum atomic E-state index is -0.687. The quantitative estimate of drug-likeness (QED) is 0.295. The number of hydrogen-bond acceptors (Lipinski definition) is 7. The molecule has 0 aliphatic carbocycles. The Balaban J connectivity index is 0.00000461. The zero-order valence-electron chi connectivity index (χ0n) is 25.7. The van der Waals surface area contributed by atoms with Gasteiger partial charge in [-0.25, -0.2) is 0 Å². The Bertz CT molecular complexity index is 1480. The summed E-state index contributed by atoms with van der Waals surface area (Å²) in [5, 5.41) is 7.52. The van der Waals surface area contributed by atoms with E-state index in [1.807, 2.05) is 35.2 Å². The van der Waals surface area contributed by atoms with Crippen molar-refractivity contribution in [3.8, 4) is 17.2 Å². The molecule has 2 N–H and O–H groups in total. The standard InChI is InChI=1S/C33H38Cl2N4O5.ClH/c1-42-26-18-22(19-27(43-2)29(26)44-3)30(40)39-17-12-32(21-39,23-7-8-24(34)25(35)20-23)9-16-38-31(41)33(10-14-36-15-11-33)28-6-4-5-13-37-28;/h4-8,13,18-20,36H,9-12,14-17,21H2,1-3H3,(H,38,41);1H. The summed E-state index contributed by atoms with van der Waals surface area (Å²) >= 11 is 12.8. The molecule has 2 fully saturated rings. The number of aromatic nitrogens is 1. The van der Waals surface area contributed by atoms with Crippen LogP contribution in [0.15, 0.2) is 54.7 Å². The van der Waals surface area contributed by atoms with Gasteiger partial charge in [0.15, 0.2) is 11.5 Å². The molecule has 2 aromatic carbocycles. The highest BCUT2D eigenvalue weighted by molar-refractivity contribution is 6.42. The molecule has 2 amide bonds. The Morgan fingerprint density at radius 1 is 0.956 bits per heavy atom. The number of methoxy groups -OCH3 is 3. The normalized spacial score (nSPS) is 18.9. The lowest BCUT2D eigenvalue weighted by molar-refractivity contribution is -0.128. The molecule has 3 aromatic rings. The zero-order valence-corrected chi connectivity index (χ0v) is 28.0. The first kappa shape index (κ1) is 34.6. The fourth-order valence-corrected chi connectivity index (χ4v) is 6.82. The van der Waals surface area contributed by atoms with Crippen LogP contribution in [-0.2, 0) is 15.6 Å². The van der Waals surface area contributed by atoms with Crippen molar-refractivity contribution in [2.75, 3.05) is 54.1 Å². The molecule has 1 unspecified atom stereocenters. The van der Waals surface area contributed by atoms with Crippen molar-refractivity contribution < 1.29 is 23.8 Å². The zero-order chi connectivity index (χ0) is 31.3. The van der Waals surface area contributed by atoms with Crippen LogP contribution in [-0.4, -0.2) is 75.8 Å². The van der Waals surface area contributed by atoms with E-state index < -0.39 is 10.8 Å². The molecule has 45 heavy (non-hydrogen) atoms. The topological polar surface area (TPSA) is 102 Å². The van der Waals surface area contributed by atoms with E-state index in [4.69, 9.17) is 37.4 Å². The van der Waals surface area contributed by atoms with Crippen LogP contribution in [0.4, 0.5) is 0 Å². The monoisotopic (exact) mass is 676 g/mol. The highest BCUT2D eigenvalue weighted by Crippen LogP contribution is 2.42. The van der Waals surface area contributed by atoms with Gasteiger partial charge in [0.2, 0.25) is 11.7 Å². The maximum absolute atomic E-state index is 13.9. The third-order valence-electron chi connectivity index (χ3n) is 9.02. The lowest BCUT2D eigenvalue weighted by Crippen LogP contribution is -2.51. The number of amides is 2. The van der Waals surface area contributed by atoms with Crippen molar-refractivity contribution in [2.24, 2.45) is 0 Å². The highest BCUT2D eigenvalue weighted by Gasteiger charge is 2.44. The summed E-state index contributed by atoms with van der Waals surface area (Å²) < 4.78 is 16.4. The Hall–Kier alpha value is -3.24. The summed E-state index contributed by atoms with van der Waals surface area (Å²) in [7, 11) is 4.57. The molecule has 9 nitrogen and oxygen atoms in total. The van der Waals surface area contributed by atoms with Gasteiger partial charge in [0.1, 0.15) is 0 Å². The molecule has 2 aliphatic rings. The summed E-state index contributed by atoms with van der Waals surface area (Å²) in [4.78, 5) is 34.1. The largest absolute Gasteiger partial charge is 0.493 e. The SMILES string of the molecule is COc1cc(C(=O)N2CCC(CCNC(=O)C3(c4ccccn4)CCNCC3)(c3ccc(Cl)c(Cl)c3)C2)cc(OC)c1OC.Cl. The van der Waals surface area contributed by atoms with Gasteiger partial charge >= 0.3 is 0 Å². The molecule has 12 heteroatoms. The van der Waals surface area contributed by atoms with Crippen molar-refractivity contribution in [2.45, 2.75) is 36.5 Å². The number of carbonyl (C=O) groups excluding carboxylic acids is 2. The van der Waals surface area contributed by atoms with E-state index in [1.165, 1.54) is 21.3 Å². The lowest BCUT2D eigenvalue weighted by Gasteiger charge is -2.36. The summed E-state index contributed by atoms with van der Waals surface area (Å²) in [5.74, 6) is 1.07. The van der Waals surface area contributed by atoms with E-state index in [0.29, 0.717) is 78.2 Å². The van der Waals surface area contributed by atoms with Crippen LogP contribution in [0, 0.1) is 0 Å². The molecule has 3 heterocycles. The van der Waals surface area contributed by atoms with Gasteiger partial charge in [-0.1, -0.05) is 35.3 Å². The molecule has 2 saturated heterocycles. The second-order valence-electron chi connectivity index (χ2n) is 11.4. The van der Waals surface area contributed by atoms with Gasteiger partial charge in [-0.2, -0.15) is 0 Å². The number of piperidine rings is 1. The van der Waals surface area contributed by atoms with Crippen LogP contribution in [0.1, 0.15) is 47.3 Å². The Morgan fingerprint density at radius 3 is 2.27 bits per heavy atom. The number of likely N-dealkylation sites (tertiary alicyclic amines) is 1. The number of nitrogens with zero attached hydrogens (tertiary/aromatic N) is 2. The molecule has 1 aromatic heterocycles. The smallest absolute Gasteiger partial charge is 0.254 e. The summed E-state index contributed by atoms with van der Waals surface area (Å²) in [6.07, 6.45) is 4.37. The molecule has 242 valence electrons. The van der Waals surface area contributed by atoms with Crippen molar-refractivity contribution in [3.05, 3.63) is 81.6 Å². The minimum absolute atomic E-state index is 0. The first-order chi connectivity index (χ1) is 21.3. The highest BCUT2D eigenvalue weighted by atomic mass is 35.5. The van der Waals surface area contributed by atoms with Gasteiger partial charge in [0.25, 0.3) is 5.91 Å². The second-order valence-corrected chi connectivity index (χ2v) is 12.2. The first-order valence-corrected chi connectivity index (χ1v) is 15.5. The van der Waals surface area contributed by atoms with E-state index in [2.05, 4.69) is 15.6 Å². The maximum atomic E-state index is 13.9. The van der Waals surface area contributed by atoms with Crippen LogP contribution in [0.5, 0.6) is 17.2 Å². The van der Waals surface area contributed by atoms with Crippen LogP contribution in [0.2, 0.25) is 10.0 Å². The molecule has 0 bridgehead atoms. The Labute approximate surface area is 280 Å². The van der Waals surface area contributed by atoms with Crippen LogP contribution < -0.4 is 24.8 Å². The maximum Gasteiger partial charge on any atom is 0.254 e. The van der Waals surface area contributed by atoms with Gasteiger partial charge in [0, 0.05) is 36.8 Å². The average molecular weight is 678 g/mol. The summed E-state index contributed by atoms with van der Waals surface area (Å²) in [5.41, 5.74) is 1.06.